The summed E-state index contributed by atoms with van der Waals surface area (Å²) in [5, 5.41) is 50.2. The molecule has 0 radical (unpaired) electrons. The Morgan fingerprint density at radius 3 is 2.52 bits per heavy atom. The number of aliphatic hydroxyl groups excluding tert-OH is 2. The van der Waals surface area contributed by atoms with Crippen LogP contribution in [-0.2, 0) is 20.8 Å². The monoisotopic (exact) mass is 577 g/mol. The topological polar surface area (TPSA) is 233 Å². The number of hydrogen-bond acceptors (Lipinski definition) is 12. The Balaban J connectivity index is 1.75. The summed E-state index contributed by atoms with van der Waals surface area (Å²) in [6, 6.07) is 5.29. The molecule has 0 bridgehead atoms. The normalized spacial score (nSPS) is 25.1. The molecule has 4 atom stereocenters. The molecular weight excluding hydrogens is 550 g/mol. The number of Topliss-reactive ketones (excluding diaryl/α,β-unsaturated/α-hetero) is 2. The van der Waals surface area contributed by atoms with E-state index in [9.17, 15) is 44.5 Å². The molecule has 0 unspecified atom stereocenters. The van der Waals surface area contributed by atoms with Crippen LogP contribution in [0.3, 0.4) is 0 Å². The number of pyridine rings is 1. The highest BCUT2D eigenvalue weighted by Gasteiger charge is 2.63. The van der Waals surface area contributed by atoms with Crippen LogP contribution in [0.15, 0.2) is 58.3 Å². The SMILES string of the molecule is CN(C)[C@@H]1C(O)=C(C(N)=O)C(=O)[C@@]2(O)C(O)=C3C(=O)c4c(O)c(NC(=O)CN=O)cc(-c5ccccn5)c4C[C@H]3C[C@@H]12. The standard InChI is InChI=1S/C28H27N5O9/c1-33(2)21-14-8-11-7-13-12(15-5-3-4-6-30-15)9-16(32-17(34)10-31-42)22(35)19(13)23(36)18(11)25(38)28(14,41)26(39)20(24(21)37)27(29)40/h3-6,9,11,14,21,35,37-38,41H,7-8,10H2,1-2H3,(H2,29,40)(H,32,34)/t11-,14-,21-,28-/m0/s1. The maximum atomic E-state index is 14.1. The third kappa shape index (κ3) is 4.06. The summed E-state index contributed by atoms with van der Waals surface area (Å²) in [4.78, 5) is 68.3. The van der Waals surface area contributed by atoms with Crippen molar-refractivity contribution in [3.05, 3.63) is 69.2 Å². The van der Waals surface area contributed by atoms with Crippen LogP contribution in [0.5, 0.6) is 5.75 Å². The first kappa shape index (κ1) is 28.6. The maximum Gasteiger partial charge on any atom is 0.255 e. The Hall–Kier alpha value is -4.95. The highest BCUT2D eigenvalue weighted by atomic mass is 16.3. The number of benzene rings is 1. The molecule has 0 saturated heterocycles. The number of nitroso groups, excluding NO2 is 1. The number of nitrogens with one attached hydrogen (secondary N) is 1. The second-order valence-corrected chi connectivity index (χ2v) is 10.7. The molecule has 0 aliphatic heterocycles. The van der Waals surface area contributed by atoms with E-state index in [4.69, 9.17) is 5.73 Å². The number of ketones is 2. The van der Waals surface area contributed by atoms with Gasteiger partial charge in [-0.15, -0.1) is 0 Å². The van der Waals surface area contributed by atoms with Crippen LogP contribution in [0.2, 0.25) is 0 Å². The van der Waals surface area contributed by atoms with Crippen LogP contribution in [0.1, 0.15) is 22.3 Å². The van der Waals surface area contributed by atoms with E-state index in [0.717, 1.165) is 0 Å². The molecule has 1 heterocycles. The number of primary amides is 1. The number of amides is 2. The van der Waals surface area contributed by atoms with Gasteiger partial charge in [0.1, 0.15) is 17.1 Å². The average molecular weight is 578 g/mol. The number of phenols is 1. The van der Waals surface area contributed by atoms with Crippen molar-refractivity contribution in [3.8, 4) is 17.0 Å². The van der Waals surface area contributed by atoms with E-state index in [-0.39, 0.29) is 29.7 Å². The fourth-order valence-electron chi connectivity index (χ4n) is 6.41. The first-order valence-electron chi connectivity index (χ1n) is 12.9. The molecule has 14 heteroatoms. The number of fused-ring (bicyclic) bond motifs is 3. The number of nitrogens with zero attached hydrogens (tertiary/aromatic N) is 3. The van der Waals surface area contributed by atoms with Gasteiger partial charge in [-0.3, -0.25) is 29.1 Å². The van der Waals surface area contributed by atoms with Crippen molar-refractivity contribution in [2.24, 2.45) is 22.7 Å². The van der Waals surface area contributed by atoms with Crippen LogP contribution >= 0.6 is 0 Å². The fourth-order valence-corrected chi connectivity index (χ4v) is 6.41. The Labute approximate surface area is 238 Å². The number of aromatic hydroxyl groups is 1. The van der Waals surface area contributed by atoms with Crippen molar-refractivity contribution in [2.45, 2.75) is 24.5 Å². The fraction of sp³-hybridized carbons (Fsp3) is 0.321. The molecule has 7 N–H and O–H groups in total. The molecule has 3 aliphatic rings. The maximum absolute atomic E-state index is 14.1. The summed E-state index contributed by atoms with van der Waals surface area (Å²) in [6.07, 6.45) is 1.45. The number of allylic oxidation sites excluding steroid dienone is 1. The Morgan fingerprint density at radius 2 is 1.93 bits per heavy atom. The van der Waals surface area contributed by atoms with Gasteiger partial charge in [-0.05, 0) is 56.6 Å². The highest BCUT2D eigenvalue weighted by molar-refractivity contribution is 6.25. The van der Waals surface area contributed by atoms with E-state index < -0.39 is 76.2 Å². The number of nitrogens with two attached hydrogens (primary N) is 1. The van der Waals surface area contributed by atoms with E-state index >= 15 is 0 Å². The van der Waals surface area contributed by atoms with Crippen molar-refractivity contribution < 1.29 is 39.6 Å². The van der Waals surface area contributed by atoms with Gasteiger partial charge in [0.05, 0.1) is 23.0 Å². The van der Waals surface area contributed by atoms with E-state index in [1.807, 2.05) is 0 Å². The first-order valence-corrected chi connectivity index (χ1v) is 12.9. The molecule has 0 spiro atoms. The number of aliphatic hydroxyl groups is 3. The molecule has 3 aliphatic carbocycles. The minimum atomic E-state index is -2.79. The third-order valence-corrected chi connectivity index (χ3v) is 8.15. The highest BCUT2D eigenvalue weighted by Crippen LogP contribution is 2.53. The van der Waals surface area contributed by atoms with E-state index in [1.165, 1.54) is 17.2 Å². The molecule has 1 aromatic heterocycles. The molecule has 14 nitrogen and oxygen atoms in total. The van der Waals surface area contributed by atoms with Gasteiger partial charge < -0.3 is 31.5 Å². The number of rotatable bonds is 6. The minimum Gasteiger partial charge on any atom is -0.510 e. The first-order chi connectivity index (χ1) is 19.8. The van der Waals surface area contributed by atoms with Crippen LogP contribution in [0.25, 0.3) is 11.3 Å². The van der Waals surface area contributed by atoms with Crippen molar-refractivity contribution >= 4 is 29.1 Å². The Bertz CT molecular complexity index is 1630. The van der Waals surface area contributed by atoms with Crippen molar-refractivity contribution in [1.82, 2.24) is 9.88 Å². The number of likely N-dealkylation sites (N-methyl/N-ethyl adjacent to an activating group) is 1. The van der Waals surface area contributed by atoms with Gasteiger partial charge in [-0.25, -0.2) is 0 Å². The quantitative estimate of drug-likeness (QED) is 0.160. The largest absolute Gasteiger partial charge is 0.510 e. The summed E-state index contributed by atoms with van der Waals surface area (Å²) in [7, 11) is 3.08. The van der Waals surface area contributed by atoms with Crippen LogP contribution in [-0.4, -0.2) is 86.0 Å². The number of aromatic nitrogens is 1. The zero-order valence-corrected chi connectivity index (χ0v) is 22.5. The predicted molar refractivity (Wildman–Crippen MR) is 146 cm³/mol. The van der Waals surface area contributed by atoms with Gasteiger partial charge in [0.2, 0.25) is 11.7 Å². The van der Waals surface area contributed by atoms with Gasteiger partial charge in [-0.1, -0.05) is 11.2 Å². The molecule has 2 amide bonds. The molecule has 1 aromatic carbocycles. The molecule has 2 aromatic rings. The van der Waals surface area contributed by atoms with Gasteiger partial charge >= 0.3 is 0 Å². The van der Waals surface area contributed by atoms with Gasteiger partial charge in [0.25, 0.3) is 5.91 Å². The average Bonchev–Trinajstić information content (AvgIpc) is 2.92. The lowest BCUT2D eigenvalue weighted by atomic mass is 9.58. The Kier molecular flexibility index (Phi) is 6.91. The number of hydrogen-bond donors (Lipinski definition) is 6. The van der Waals surface area contributed by atoms with Crippen LogP contribution in [0, 0.1) is 16.7 Å². The smallest absolute Gasteiger partial charge is 0.255 e. The van der Waals surface area contributed by atoms with Gasteiger partial charge in [0, 0.05) is 23.3 Å². The Morgan fingerprint density at radius 1 is 1.21 bits per heavy atom. The number of carbonyl (C=O) groups is 4. The van der Waals surface area contributed by atoms with Crippen LogP contribution < -0.4 is 11.1 Å². The van der Waals surface area contributed by atoms with E-state index in [2.05, 4.69) is 15.5 Å². The predicted octanol–water partition coefficient (Wildman–Crippen LogP) is 0.888. The summed E-state index contributed by atoms with van der Waals surface area (Å²) in [6.45, 7) is -0.760. The molecule has 0 fully saturated rings. The molecule has 0 saturated carbocycles. The zero-order valence-electron chi connectivity index (χ0n) is 22.5. The van der Waals surface area contributed by atoms with Gasteiger partial charge in [0.15, 0.2) is 23.7 Å². The van der Waals surface area contributed by atoms with E-state index in [0.29, 0.717) is 16.8 Å². The second kappa shape index (κ2) is 10.2. The van der Waals surface area contributed by atoms with E-state index in [1.54, 1.807) is 32.3 Å². The zero-order chi connectivity index (χ0) is 30.7. The molecule has 218 valence electrons. The summed E-state index contributed by atoms with van der Waals surface area (Å²) < 4.78 is 0. The lowest BCUT2D eigenvalue weighted by molar-refractivity contribution is -0.148. The third-order valence-electron chi connectivity index (χ3n) is 8.15. The molecule has 42 heavy (non-hydrogen) atoms. The summed E-state index contributed by atoms with van der Waals surface area (Å²) in [5.74, 6) is -8.78. The van der Waals surface area contributed by atoms with Crippen LogP contribution in [0.4, 0.5) is 5.69 Å². The number of anilines is 1. The lowest BCUT2D eigenvalue weighted by Gasteiger charge is -2.50. The molecular formula is C28H27N5O9. The van der Waals surface area contributed by atoms with Crippen molar-refractivity contribution in [3.63, 3.8) is 0 Å². The lowest BCUT2D eigenvalue weighted by Crippen LogP contribution is -2.63. The second-order valence-electron chi connectivity index (χ2n) is 10.7. The number of phenolic OH excluding ortho intramolecular Hbond substituents is 1. The molecule has 5 rings (SSSR count). The summed E-state index contributed by atoms with van der Waals surface area (Å²) >= 11 is 0. The van der Waals surface area contributed by atoms with Gasteiger partial charge in [-0.2, -0.15) is 4.91 Å². The number of carbonyl (C=O) groups excluding carboxylic acids is 4. The summed E-state index contributed by atoms with van der Waals surface area (Å²) in [5.41, 5.74) is 1.86. The van der Waals surface area contributed by atoms with Crippen molar-refractivity contribution in [2.75, 3.05) is 26.0 Å². The van der Waals surface area contributed by atoms with Crippen molar-refractivity contribution in [1.29, 1.82) is 0 Å². The minimum absolute atomic E-state index is 0.0259.